The third-order valence-electron chi connectivity index (χ3n) is 12.6. The average molecular weight is 530 g/mol. The summed E-state index contributed by atoms with van der Waals surface area (Å²) in [5, 5.41) is 0. The fraction of sp³-hybridized carbons (Fsp3) is 0.526. The second-order valence-electron chi connectivity index (χ2n) is 15.4. The summed E-state index contributed by atoms with van der Waals surface area (Å²) in [6, 6.07) is 24.9. The molecule has 0 spiro atoms. The van der Waals surface area contributed by atoms with Crippen LogP contribution in [0.15, 0.2) is 66.7 Å². The van der Waals surface area contributed by atoms with E-state index < -0.39 is 0 Å². The monoisotopic (exact) mass is 529 g/mol. The van der Waals surface area contributed by atoms with Crippen molar-refractivity contribution in [2.75, 3.05) is 5.73 Å². The standard InChI is InChI=1S/C38H43NO/c39-33-5-7-34(8-6-33)40-36-9-4-32(38-21-27-13-28(22-38)15-29(14-27)23-38)17-35(36)30-2-1-3-31(16-30)37-18-24-10-25(19-37)12-26(11-24)20-37/h1-9,16-17,24-29H,10-15,18-23,39H2. The van der Waals surface area contributed by atoms with Gasteiger partial charge in [-0.25, -0.2) is 0 Å². The van der Waals surface area contributed by atoms with Gasteiger partial charge < -0.3 is 10.5 Å². The zero-order chi connectivity index (χ0) is 26.5. The predicted octanol–water partition coefficient (Wildman–Crippen LogP) is 9.66. The van der Waals surface area contributed by atoms with E-state index in [1.807, 2.05) is 24.3 Å². The van der Waals surface area contributed by atoms with Gasteiger partial charge in [0.05, 0.1) is 0 Å². The molecule has 2 N–H and O–H groups in total. The molecule has 40 heavy (non-hydrogen) atoms. The molecular formula is C38H43NO. The summed E-state index contributed by atoms with van der Waals surface area (Å²) in [5.41, 5.74) is 13.3. The minimum absolute atomic E-state index is 0.376. The molecule has 8 saturated carbocycles. The van der Waals surface area contributed by atoms with Crippen molar-refractivity contribution in [2.24, 2.45) is 35.5 Å². The van der Waals surface area contributed by atoms with Gasteiger partial charge in [0.1, 0.15) is 11.5 Å². The third kappa shape index (κ3) is 3.81. The highest BCUT2D eigenvalue weighted by atomic mass is 16.5. The molecule has 0 amide bonds. The highest BCUT2D eigenvalue weighted by molar-refractivity contribution is 5.73. The number of ether oxygens (including phenoxy) is 1. The molecule has 3 aromatic carbocycles. The maximum atomic E-state index is 6.63. The summed E-state index contributed by atoms with van der Waals surface area (Å²) in [4.78, 5) is 0. The van der Waals surface area contributed by atoms with Gasteiger partial charge in [-0.3, -0.25) is 0 Å². The molecule has 11 rings (SSSR count). The molecule has 8 fully saturated rings. The first-order valence-corrected chi connectivity index (χ1v) is 16.3. The van der Waals surface area contributed by atoms with Crippen molar-refractivity contribution in [3.05, 3.63) is 77.9 Å². The summed E-state index contributed by atoms with van der Waals surface area (Å²) in [7, 11) is 0. The van der Waals surface area contributed by atoms with Gasteiger partial charge in [0.25, 0.3) is 0 Å². The lowest BCUT2D eigenvalue weighted by Crippen LogP contribution is -2.48. The molecule has 0 saturated heterocycles. The van der Waals surface area contributed by atoms with Crippen molar-refractivity contribution < 1.29 is 4.74 Å². The lowest BCUT2D eigenvalue weighted by atomic mass is 9.48. The number of anilines is 1. The zero-order valence-corrected chi connectivity index (χ0v) is 23.8. The topological polar surface area (TPSA) is 35.2 Å². The van der Waals surface area contributed by atoms with Gasteiger partial charge in [0.2, 0.25) is 0 Å². The van der Waals surface area contributed by atoms with Crippen molar-refractivity contribution in [3.8, 4) is 22.6 Å². The Hall–Kier alpha value is -2.74. The molecule has 0 heterocycles. The first-order valence-electron chi connectivity index (χ1n) is 16.3. The van der Waals surface area contributed by atoms with Gasteiger partial charge in [-0.1, -0.05) is 30.3 Å². The fourth-order valence-corrected chi connectivity index (χ4v) is 11.8. The SMILES string of the molecule is Nc1ccc(Oc2ccc(C34CC5CC(CC(C5)C3)C4)cc2-c2cccc(C34CC5CC(CC(C5)C3)C4)c2)cc1. The van der Waals surface area contributed by atoms with Crippen LogP contribution in [0, 0.1) is 35.5 Å². The molecule has 8 bridgehead atoms. The van der Waals surface area contributed by atoms with Crippen LogP contribution in [0.3, 0.4) is 0 Å². The van der Waals surface area contributed by atoms with E-state index in [2.05, 4.69) is 42.5 Å². The number of hydrogen-bond acceptors (Lipinski definition) is 2. The van der Waals surface area contributed by atoms with Crippen LogP contribution >= 0.6 is 0 Å². The molecule has 0 atom stereocenters. The first kappa shape index (κ1) is 23.9. The van der Waals surface area contributed by atoms with Gasteiger partial charge in [-0.2, -0.15) is 0 Å². The molecule has 0 aromatic heterocycles. The summed E-state index contributed by atoms with van der Waals surface area (Å²) in [5.74, 6) is 7.53. The van der Waals surface area contributed by atoms with Gasteiger partial charge >= 0.3 is 0 Å². The Kier molecular flexibility index (Phi) is 5.16. The minimum Gasteiger partial charge on any atom is -0.457 e. The van der Waals surface area contributed by atoms with Crippen molar-refractivity contribution in [3.63, 3.8) is 0 Å². The van der Waals surface area contributed by atoms with E-state index in [9.17, 15) is 0 Å². The van der Waals surface area contributed by atoms with Gasteiger partial charge in [0.15, 0.2) is 0 Å². The molecular weight excluding hydrogens is 486 g/mol. The number of nitrogens with two attached hydrogens (primary N) is 1. The summed E-state index contributed by atoms with van der Waals surface area (Å²) in [6.07, 6.45) is 17.3. The summed E-state index contributed by atoms with van der Waals surface area (Å²) < 4.78 is 6.63. The van der Waals surface area contributed by atoms with E-state index in [1.165, 1.54) is 88.2 Å². The van der Waals surface area contributed by atoms with Crippen LogP contribution in [-0.4, -0.2) is 0 Å². The van der Waals surface area contributed by atoms with E-state index in [1.54, 1.807) is 11.1 Å². The Labute approximate surface area is 239 Å². The van der Waals surface area contributed by atoms with Gasteiger partial charge in [-0.15, -0.1) is 0 Å². The summed E-state index contributed by atoms with van der Waals surface area (Å²) >= 11 is 0. The normalized spacial score (nSPS) is 38.6. The second-order valence-corrected chi connectivity index (χ2v) is 15.4. The van der Waals surface area contributed by atoms with Crippen LogP contribution in [0.5, 0.6) is 11.5 Å². The molecule has 2 nitrogen and oxygen atoms in total. The molecule has 0 unspecified atom stereocenters. The quantitative estimate of drug-likeness (QED) is 0.334. The number of nitrogen functional groups attached to an aromatic ring is 1. The van der Waals surface area contributed by atoms with Crippen LogP contribution in [0.1, 0.15) is 88.2 Å². The fourth-order valence-electron chi connectivity index (χ4n) is 11.8. The van der Waals surface area contributed by atoms with E-state index >= 15 is 0 Å². The Balaban J connectivity index is 1.14. The number of benzene rings is 3. The van der Waals surface area contributed by atoms with E-state index in [-0.39, 0.29) is 0 Å². The highest BCUT2D eigenvalue weighted by Gasteiger charge is 2.53. The van der Waals surface area contributed by atoms with Crippen LogP contribution < -0.4 is 10.5 Å². The van der Waals surface area contributed by atoms with Crippen LogP contribution in [0.4, 0.5) is 5.69 Å². The zero-order valence-electron chi connectivity index (χ0n) is 23.8. The van der Waals surface area contributed by atoms with Crippen LogP contribution in [0.25, 0.3) is 11.1 Å². The third-order valence-corrected chi connectivity index (χ3v) is 12.6. The molecule has 8 aliphatic rings. The van der Waals surface area contributed by atoms with Crippen molar-refractivity contribution in [1.29, 1.82) is 0 Å². The predicted molar refractivity (Wildman–Crippen MR) is 163 cm³/mol. The summed E-state index contributed by atoms with van der Waals surface area (Å²) in [6.45, 7) is 0. The largest absolute Gasteiger partial charge is 0.457 e. The number of hydrogen-bond donors (Lipinski definition) is 1. The first-order chi connectivity index (χ1) is 19.5. The van der Waals surface area contributed by atoms with Gasteiger partial charge in [0, 0.05) is 11.3 Å². The lowest BCUT2D eigenvalue weighted by molar-refractivity contribution is -0.00536. The van der Waals surface area contributed by atoms with Crippen molar-refractivity contribution >= 4 is 5.69 Å². The van der Waals surface area contributed by atoms with Gasteiger partial charge in [-0.05, 0) is 176 Å². The molecule has 0 aliphatic heterocycles. The van der Waals surface area contributed by atoms with E-state index in [0.717, 1.165) is 52.7 Å². The van der Waals surface area contributed by atoms with Crippen LogP contribution in [0.2, 0.25) is 0 Å². The Bertz CT molecular complexity index is 1380. The van der Waals surface area contributed by atoms with Crippen molar-refractivity contribution in [2.45, 2.75) is 87.9 Å². The van der Waals surface area contributed by atoms with Crippen LogP contribution in [-0.2, 0) is 10.8 Å². The minimum atomic E-state index is 0.376. The van der Waals surface area contributed by atoms with E-state index in [0.29, 0.717) is 10.8 Å². The molecule has 8 aliphatic carbocycles. The van der Waals surface area contributed by atoms with Crippen molar-refractivity contribution in [1.82, 2.24) is 0 Å². The second kappa shape index (κ2) is 8.63. The molecule has 2 heteroatoms. The van der Waals surface area contributed by atoms with E-state index in [4.69, 9.17) is 10.5 Å². The Morgan fingerprint density at radius 1 is 0.550 bits per heavy atom. The highest BCUT2D eigenvalue weighted by Crippen LogP contribution is 2.62. The Morgan fingerprint density at radius 3 is 1.57 bits per heavy atom. The lowest BCUT2D eigenvalue weighted by Gasteiger charge is -2.57. The Morgan fingerprint density at radius 2 is 1.05 bits per heavy atom. The molecule has 206 valence electrons. The number of rotatable bonds is 5. The molecule has 0 radical (unpaired) electrons. The molecule has 3 aromatic rings. The maximum absolute atomic E-state index is 6.63. The smallest absolute Gasteiger partial charge is 0.135 e. The average Bonchev–Trinajstić information content (AvgIpc) is 2.93. The maximum Gasteiger partial charge on any atom is 0.135 e.